The first-order valence-electron chi connectivity index (χ1n) is 12.9. The summed E-state index contributed by atoms with van der Waals surface area (Å²) < 4.78 is 19.7. The van der Waals surface area contributed by atoms with Crippen LogP contribution in [0.5, 0.6) is 5.75 Å². The molecule has 1 saturated carbocycles. The van der Waals surface area contributed by atoms with E-state index in [1.54, 1.807) is 13.4 Å². The van der Waals surface area contributed by atoms with Gasteiger partial charge in [0.2, 0.25) is 0 Å². The standard InChI is InChI=1S/C29H30N4O4/c1-35-20-9-6-18(7-10-20)29-36-15-19-14-24(25(34)26(19)37-29)33-13-12-22-27(30-16-31-28(22)33)32-23-11-8-17-4-2-3-5-21(17)23/h2-7,9-10,12-13,16,19,23-26,29,34H,8,11,14-15H2,1H3,(H,30,31,32). The number of aliphatic hydroxyl groups is 1. The van der Waals surface area contributed by atoms with Gasteiger partial charge in [-0.2, -0.15) is 0 Å². The molecule has 8 heteroatoms. The average Bonchev–Trinajstić information content (AvgIpc) is 3.65. The van der Waals surface area contributed by atoms with Gasteiger partial charge < -0.3 is 29.2 Å². The Morgan fingerprint density at radius 3 is 2.81 bits per heavy atom. The number of aryl methyl sites for hydroxylation is 1. The summed E-state index contributed by atoms with van der Waals surface area (Å²) >= 11 is 0. The lowest BCUT2D eigenvalue weighted by Crippen LogP contribution is -2.39. The van der Waals surface area contributed by atoms with E-state index in [0.717, 1.165) is 47.4 Å². The summed E-state index contributed by atoms with van der Waals surface area (Å²) in [5.74, 6) is 1.72. The van der Waals surface area contributed by atoms with Crippen LogP contribution in [0.2, 0.25) is 0 Å². The summed E-state index contributed by atoms with van der Waals surface area (Å²) in [6.45, 7) is 0.539. The van der Waals surface area contributed by atoms with Crippen molar-refractivity contribution in [3.05, 3.63) is 83.8 Å². The van der Waals surface area contributed by atoms with Crippen LogP contribution in [0.1, 0.15) is 47.9 Å². The van der Waals surface area contributed by atoms with Crippen molar-refractivity contribution in [1.82, 2.24) is 14.5 Å². The van der Waals surface area contributed by atoms with E-state index in [-0.39, 0.29) is 24.1 Å². The van der Waals surface area contributed by atoms with Crippen LogP contribution in [-0.2, 0) is 15.9 Å². The number of ether oxygens (including phenoxy) is 3. The molecule has 2 aliphatic carbocycles. The molecule has 1 saturated heterocycles. The van der Waals surface area contributed by atoms with E-state index in [1.165, 1.54) is 11.1 Å². The molecule has 2 fully saturated rings. The van der Waals surface area contributed by atoms with Gasteiger partial charge in [-0.1, -0.05) is 36.4 Å². The Hall–Kier alpha value is -3.46. The number of nitrogens with zero attached hydrogens (tertiary/aromatic N) is 3. The maximum absolute atomic E-state index is 11.4. The molecule has 0 amide bonds. The van der Waals surface area contributed by atoms with Gasteiger partial charge in [-0.25, -0.2) is 9.97 Å². The maximum Gasteiger partial charge on any atom is 0.184 e. The zero-order valence-corrected chi connectivity index (χ0v) is 20.7. The number of fused-ring (bicyclic) bond motifs is 3. The average molecular weight is 499 g/mol. The predicted octanol–water partition coefficient (Wildman–Crippen LogP) is 4.58. The molecular formula is C29H30N4O4. The highest BCUT2D eigenvalue weighted by molar-refractivity contribution is 5.87. The molecule has 7 rings (SSSR count). The smallest absolute Gasteiger partial charge is 0.184 e. The molecule has 8 nitrogen and oxygen atoms in total. The van der Waals surface area contributed by atoms with Crippen molar-refractivity contribution in [3.63, 3.8) is 0 Å². The predicted molar refractivity (Wildman–Crippen MR) is 138 cm³/mol. The molecule has 2 N–H and O–H groups in total. The minimum Gasteiger partial charge on any atom is -0.497 e. The number of rotatable bonds is 5. The third-order valence-electron chi connectivity index (χ3n) is 8.18. The molecule has 1 aliphatic heterocycles. The van der Waals surface area contributed by atoms with Gasteiger partial charge in [0.05, 0.1) is 37.3 Å². The van der Waals surface area contributed by atoms with Crippen LogP contribution in [0.4, 0.5) is 5.82 Å². The molecule has 3 aliphatic rings. The second-order valence-electron chi connectivity index (χ2n) is 10.2. The van der Waals surface area contributed by atoms with Crippen LogP contribution in [0.25, 0.3) is 11.0 Å². The van der Waals surface area contributed by atoms with Crippen molar-refractivity contribution < 1.29 is 19.3 Å². The number of anilines is 1. The molecule has 6 atom stereocenters. The molecule has 3 heterocycles. The van der Waals surface area contributed by atoms with E-state index in [4.69, 9.17) is 14.2 Å². The van der Waals surface area contributed by atoms with Crippen molar-refractivity contribution in [2.24, 2.45) is 5.92 Å². The van der Waals surface area contributed by atoms with Gasteiger partial charge in [-0.15, -0.1) is 0 Å². The number of aliphatic hydroxyl groups excluding tert-OH is 1. The van der Waals surface area contributed by atoms with Crippen molar-refractivity contribution in [2.45, 2.75) is 49.8 Å². The highest BCUT2D eigenvalue weighted by Gasteiger charge is 2.48. The van der Waals surface area contributed by atoms with E-state index in [1.807, 2.05) is 36.5 Å². The largest absolute Gasteiger partial charge is 0.497 e. The number of hydrogen-bond acceptors (Lipinski definition) is 7. The molecule has 4 aromatic rings. The molecule has 6 unspecified atom stereocenters. The fourth-order valence-electron chi connectivity index (χ4n) is 6.27. The summed E-state index contributed by atoms with van der Waals surface area (Å²) in [6, 6.07) is 18.4. The molecule has 37 heavy (non-hydrogen) atoms. The normalized spacial score (nSPS) is 28.7. The van der Waals surface area contributed by atoms with Crippen molar-refractivity contribution in [3.8, 4) is 5.75 Å². The first-order valence-corrected chi connectivity index (χ1v) is 12.9. The van der Waals surface area contributed by atoms with Gasteiger partial charge in [0.25, 0.3) is 0 Å². The quantitative estimate of drug-likeness (QED) is 0.416. The Bertz CT molecular complexity index is 1420. The zero-order chi connectivity index (χ0) is 24.9. The Kier molecular flexibility index (Phi) is 5.61. The number of aromatic nitrogens is 3. The van der Waals surface area contributed by atoms with Gasteiger partial charge in [-0.05, 0) is 48.6 Å². The number of hydrogen-bond donors (Lipinski definition) is 2. The minimum absolute atomic E-state index is 0.112. The molecule has 190 valence electrons. The molecular weight excluding hydrogens is 468 g/mol. The zero-order valence-electron chi connectivity index (χ0n) is 20.7. The van der Waals surface area contributed by atoms with Gasteiger partial charge in [0.1, 0.15) is 29.6 Å². The molecule has 2 aromatic carbocycles. The highest BCUT2D eigenvalue weighted by Crippen LogP contribution is 2.45. The highest BCUT2D eigenvalue weighted by atomic mass is 16.7. The van der Waals surface area contributed by atoms with E-state index in [9.17, 15) is 5.11 Å². The SMILES string of the molecule is COc1ccc(C2OCC3CC(n4ccc5c(NC6CCc7ccccc76)ncnc54)C(O)C3O2)cc1. The third kappa shape index (κ3) is 3.87. The number of benzene rings is 2. The van der Waals surface area contributed by atoms with Gasteiger partial charge in [-0.3, -0.25) is 0 Å². The van der Waals surface area contributed by atoms with Crippen molar-refractivity contribution >= 4 is 16.9 Å². The van der Waals surface area contributed by atoms with Crippen LogP contribution in [0.3, 0.4) is 0 Å². The minimum atomic E-state index is -0.668. The van der Waals surface area contributed by atoms with Crippen molar-refractivity contribution in [2.75, 3.05) is 19.0 Å². The Labute approximate surface area is 215 Å². The van der Waals surface area contributed by atoms with Crippen LogP contribution in [0.15, 0.2) is 67.1 Å². The van der Waals surface area contributed by atoms with Crippen LogP contribution < -0.4 is 10.1 Å². The summed E-state index contributed by atoms with van der Waals surface area (Å²) in [4.78, 5) is 9.19. The first kappa shape index (κ1) is 22.7. The number of nitrogens with one attached hydrogen (secondary N) is 1. The lowest BCUT2D eigenvalue weighted by atomic mass is 10.0. The van der Waals surface area contributed by atoms with Crippen LogP contribution >= 0.6 is 0 Å². The summed E-state index contributed by atoms with van der Waals surface area (Å²) in [5, 5.41) is 16.0. The molecule has 2 aromatic heterocycles. The van der Waals surface area contributed by atoms with E-state index >= 15 is 0 Å². The van der Waals surface area contributed by atoms with Gasteiger partial charge in [0.15, 0.2) is 6.29 Å². The van der Waals surface area contributed by atoms with Gasteiger partial charge in [0, 0.05) is 17.7 Å². The lowest BCUT2D eigenvalue weighted by molar-refractivity contribution is -0.249. The lowest BCUT2D eigenvalue weighted by Gasteiger charge is -2.34. The fraction of sp³-hybridized carbons (Fsp3) is 0.379. The second kappa shape index (κ2) is 9.13. The van der Waals surface area contributed by atoms with Crippen LogP contribution in [0, 0.1) is 5.92 Å². The summed E-state index contributed by atoms with van der Waals surface area (Å²) in [7, 11) is 1.64. The molecule has 0 spiro atoms. The number of methoxy groups -OCH3 is 1. The molecule has 0 bridgehead atoms. The topological polar surface area (TPSA) is 90.7 Å². The second-order valence-corrected chi connectivity index (χ2v) is 10.2. The van der Waals surface area contributed by atoms with Gasteiger partial charge >= 0.3 is 0 Å². The monoisotopic (exact) mass is 498 g/mol. The van der Waals surface area contributed by atoms with Crippen LogP contribution in [-0.4, -0.2) is 45.6 Å². The Balaban J connectivity index is 1.12. The summed E-state index contributed by atoms with van der Waals surface area (Å²) in [6.07, 6.45) is 5.01. The van der Waals surface area contributed by atoms with E-state index < -0.39 is 12.4 Å². The Morgan fingerprint density at radius 2 is 1.95 bits per heavy atom. The summed E-state index contributed by atoms with van der Waals surface area (Å²) in [5.41, 5.74) is 4.47. The third-order valence-corrected chi connectivity index (χ3v) is 8.18. The maximum atomic E-state index is 11.4. The molecule has 0 radical (unpaired) electrons. The fourth-order valence-corrected chi connectivity index (χ4v) is 6.27. The first-order chi connectivity index (χ1) is 18.2. The van der Waals surface area contributed by atoms with E-state index in [2.05, 4.69) is 44.1 Å². The Morgan fingerprint density at radius 1 is 1.08 bits per heavy atom. The van der Waals surface area contributed by atoms with E-state index in [0.29, 0.717) is 6.61 Å². The van der Waals surface area contributed by atoms with Crippen molar-refractivity contribution in [1.29, 1.82) is 0 Å².